The van der Waals surface area contributed by atoms with Crippen molar-refractivity contribution in [2.75, 3.05) is 12.3 Å². The number of hydrogen-bond donors (Lipinski definition) is 1. The third kappa shape index (κ3) is 11.2. The Balaban J connectivity index is 3.44. The van der Waals surface area contributed by atoms with Crippen LogP contribution in [0.25, 0.3) is 0 Å². The number of ether oxygens (including phenoxy) is 1. The first-order chi connectivity index (χ1) is 6.81. The molecule has 1 N–H and O–H groups in total. The van der Waals surface area contributed by atoms with E-state index in [9.17, 15) is 9.59 Å². The number of hydrogen-bond acceptors (Lipinski definition) is 4. The van der Waals surface area contributed by atoms with Gasteiger partial charge >= 0.3 is 6.09 Å². The fourth-order valence-electron chi connectivity index (χ4n) is 0.793. The minimum atomic E-state index is -0.460. The van der Waals surface area contributed by atoms with Gasteiger partial charge in [-0.15, -0.1) is 0 Å². The van der Waals surface area contributed by atoms with Crippen molar-refractivity contribution in [2.45, 2.75) is 39.7 Å². The van der Waals surface area contributed by atoms with Crippen LogP contribution in [-0.4, -0.2) is 29.1 Å². The lowest BCUT2D eigenvalue weighted by molar-refractivity contribution is -0.109. The van der Waals surface area contributed by atoms with E-state index in [4.69, 9.17) is 4.74 Å². The van der Waals surface area contributed by atoms with Gasteiger partial charge in [-0.05, 0) is 27.2 Å². The van der Waals surface area contributed by atoms with Crippen molar-refractivity contribution in [3.05, 3.63) is 0 Å². The topological polar surface area (TPSA) is 55.4 Å². The summed E-state index contributed by atoms with van der Waals surface area (Å²) in [5.41, 5.74) is -0.460. The third-order valence-electron chi connectivity index (χ3n) is 1.29. The molecule has 0 aromatic carbocycles. The van der Waals surface area contributed by atoms with Crippen LogP contribution in [0.3, 0.4) is 0 Å². The highest BCUT2D eigenvalue weighted by molar-refractivity contribution is 8.13. The average Bonchev–Trinajstić information content (AvgIpc) is 1.99. The molecule has 0 heterocycles. The second-order valence-electron chi connectivity index (χ2n) is 4.12. The summed E-state index contributed by atoms with van der Waals surface area (Å²) in [6, 6.07) is 0. The van der Waals surface area contributed by atoms with E-state index in [1.54, 1.807) is 0 Å². The van der Waals surface area contributed by atoms with Crippen molar-refractivity contribution in [3.8, 4) is 0 Å². The molecule has 4 nitrogen and oxygen atoms in total. The Labute approximate surface area is 95.1 Å². The van der Waals surface area contributed by atoms with Crippen LogP contribution >= 0.6 is 11.8 Å². The number of alkyl carbamates (subject to hydrolysis) is 1. The Hall–Kier alpha value is -0.710. The molecule has 5 heteroatoms. The molecule has 0 unspecified atom stereocenters. The van der Waals surface area contributed by atoms with Crippen LogP contribution in [0.5, 0.6) is 0 Å². The molecule has 0 radical (unpaired) electrons. The summed E-state index contributed by atoms with van der Waals surface area (Å²) in [4.78, 5) is 21.7. The van der Waals surface area contributed by atoms with E-state index in [0.29, 0.717) is 6.54 Å². The van der Waals surface area contributed by atoms with Gasteiger partial charge in [0.15, 0.2) is 5.12 Å². The summed E-state index contributed by atoms with van der Waals surface area (Å²) in [5, 5.41) is 2.73. The van der Waals surface area contributed by atoms with Gasteiger partial charge in [0, 0.05) is 19.2 Å². The summed E-state index contributed by atoms with van der Waals surface area (Å²) in [6.45, 7) is 7.52. The minimum Gasteiger partial charge on any atom is -0.444 e. The quantitative estimate of drug-likeness (QED) is 0.756. The molecule has 0 aliphatic rings. The lowest BCUT2D eigenvalue weighted by atomic mass is 10.2. The number of rotatable bonds is 4. The zero-order valence-corrected chi connectivity index (χ0v) is 10.6. The lowest BCUT2D eigenvalue weighted by Crippen LogP contribution is -2.33. The number of amides is 1. The number of carbonyl (C=O) groups excluding carboxylic acids is 2. The molecular weight excluding hydrogens is 214 g/mol. The summed E-state index contributed by atoms with van der Waals surface area (Å²) in [6.07, 6.45) is 0.360. The van der Waals surface area contributed by atoms with Crippen molar-refractivity contribution >= 4 is 23.0 Å². The van der Waals surface area contributed by atoms with E-state index in [1.807, 2.05) is 20.8 Å². The normalized spacial score (nSPS) is 10.9. The molecule has 0 fully saturated rings. The highest BCUT2D eigenvalue weighted by atomic mass is 32.2. The lowest BCUT2D eigenvalue weighted by Gasteiger charge is -2.19. The standard InChI is InChI=1S/C10H19NO3S/c1-8(12)15-7-5-6-11-9(13)14-10(2,3)4/h5-7H2,1-4H3,(H,11,13). The van der Waals surface area contributed by atoms with Crippen LogP contribution in [0, 0.1) is 0 Å². The average molecular weight is 233 g/mol. The van der Waals surface area contributed by atoms with Gasteiger partial charge in [-0.3, -0.25) is 4.79 Å². The van der Waals surface area contributed by atoms with Gasteiger partial charge in [0.25, 0.3) is 0 Å². The Kier molecular flexibility index (Phi) is 6.40. The molecule has 0 atom stereocenters. The van der Waals surface area contributed by atoms with Gasteiger partial charge in [0.2, 0.25) is 0 Å². The van der Waals surface area contributed by atoms with Gasteiger partial charge in [-0.25, -0.2) is 4.79 Å². The van der Waals surface area contributed by atoms with Gasteiger partial charge in [0.1, 0.15) is 5.60 Å². The summed E-state index contributed by atoms with van der Waals surface area (Å²) in [5.74, 6) is 0.727. The maximum absolute atomic E-state index is 11.1. The zero-order chi connectivity index (χ0) is 11.9. The molecule has 0 aromatic rings. The molecule has 88 valence electrons. The van der Waals surface area contributed by atoms with Crippen molar-refractivity contribution in [1.29, 1.82) is 0 Å². The van der Waals surface area contributed by atoms with Crippen molar-refractivity contribution in [3.63, 3.8) is 0 Å². The molecule has 0 spiro atoms. The molecule has 0 saturated carbocycles. The third-order valence-corrected chi connectivity index (χ3v) is 2.19. The first-order valence-corrected chi connectivity index (χ1v) is 5.90. The number of carbonyl (C=O) groups is 2. The highest BCUT2D eigenvalue weighted by Gasteiger charge is 2.15. The van der Waals surface area contributed by atoms with Crippen molar-refractivity contribution in [2.24, 2.45) is 0 Å². The van der Waals surface area contributed by atoms with Crippen molar-refractivity contribution in [1.82, 2.24) is 5.32 Å². The molecular formula is C10H19NO3S. The van der Waals surface area contributed by atoms with Crippen LogP contribution in [0.4, 0.5) is 4.79 Å². The Morgan fingerprint density at radius 3 is 2.40 bits per heavy atom. The Bertz CT molecular complexity index is 223. The molecule has 15 heavy (non-hydrogen) atoms. The van der Waals surface area contributed by atoms with Gasteiger partial charge in [-0.1, -0.05) is 11.8 Å². The van der Waals surface area contributed by atoms with Crippen LogP contribution in [0.15, 0.2) is 0 Å². The van der Waals surface area contributed by atoms with Crippen LogP contribution in [0.2, 0.25) is 0 Å². The van der Waals surface area contributed by atoms with E-state index < -0.39 is 11.7 Å². The van der Waals surface area contributed by atoms with Gasteiger partial charge in [-0.2, -0.15) is 0 Å². The SMILES string of the molecule is CC(=O)SCCCNC(=O)OC(C)(C)C. The molecule has 0 saturated heterocycles. The molecule has 0 bridgehead atoms. The van der Waals surface area contributed by atoms with E-state index in [1.165, 1.54) is 18.7 Å². The van der Waals surface area contributed by atoms with E-state index in [2.05, 4.69) is 5.32 Å². The predicted octanol–water partition coefficient (Wildman–Crippen LogP) is 2.18. The summed E-state index contributed by atoms with van der Waals surface area (Å²) >= 11 is 1.27. The molecule has 1 amide bonds. The maximum atomic E-state index is 11.1. The second kappa shape index (κ2) is 6.71. The molecule has 0 aliphatic heterocycles. The second-order valence-corrected chi connectivity index (χ2v) is 5.39. The van der Waals surface area contributed by atoms with Gasteiger partial charge in [0.05, 0.1) is 0 Å². The number of thioether (sulfide) groups is 1. The fourth-order valence-corrected chi connectivity index (χ4v) is 1.37. The van der Waals surface area contributed by atoms with Crippen LogP contribution in [-0.2, 0) is 9.53 Å². The largest absolute Gasteiger partial charge is 0.444 e. The highest BCUT2D eigenvalue weighted by Crippen LogP contribution is 2.06. The zero-order valence-electron chi connectivity index (χ0n) is 9.75. The molecule has 0 rings (SSSR count). The predicted molar refractivity (Wildman–Crippen MR) is 62.0 cm³/mol. The number of nitrogens with one attached hydrogen (secondary N) is 1. The smallest absolute Gasteiger partial charge is 0.407 e. The minimum absolute atomic E-state index is 0.104. The van der Waals surface area contributed by atoms with Gasteiger partial charge < -0.3 is 10.1 Å². The monoisotopic (exact) mass is 233 g/mol. The van der Waals surface area contributed by atoms with E-state index in [-0.39, 0.29) is 5.12 Å². The molecule has 0 aliphatic carbocycles. The molecule has 0 aromatic heterocycles. The summed E-state index contributed by atoms with van der Waals surface area (Å²) in [7, 11) is 0. The maximum Gasteiger partial charge on any atom is 0.407 e. The first-order valence-electron chi connectivity index (χ1n) is 4.91. The first kappa shape index (κ1) is 14.3. The summed E-state index contributed by atoms with van der Waals surface area (Å²) < 4.78 is 5.04. The van der Waals surface area contributed by atoms with Crippen molar-refractivity contribution < 1.29 is 14.3 Å². The van der Waals surface area contributed by atoms with Crippen LogP contribution in [0.1, 0.15) is 34.1 Å². The Morgan fingerprint density at radius 2 is 1.93 bits per heavy atom. The van der Waals surface area contributed by atoms with Crippen LogP contribution < -0.4 is 5.32 Å². The Morgan fingerprint density at radius 1 is 1.33 bits per heavy atom. The van der Waals surface area contributed by atoms with E-state index in [0.717, 1.165) is 12.2 Å². The van der Waals surface area contributed by atoms with E-state index >= 15 is 0 Å². The fraction of sp³-hybridized carbons (Fsp3) is 0.800.